The molecule has 1 aromatic heterocycles. The van der Waals surface area contributed by atoms with E-state index in [-0.39, 0.29) is 5.69 Å². The Bertz CT molecular complexity index is 668. The van der Waals surface area contributed by atoms with Gasteiger partial charge >= 0.3 is 0 Å². The largest absolute Gasteiger partial charge is 0.337 e. The number of hydrogen-bond acceptors (Lipinski definition) is 6. The van der Waals surface area contributed by atoms with Crippen LogP contribution in [0.3, 0.4) is 0 Å². The molecule has 21 heavy (non-hydrogen) atoms. The first-order valence-electron chi connectivity index (χ1n) is 6.47. The van der Waals surface area contributed by atoms with Crippen LogP contribution in [-0.4, -0.2) is 46.3 Å². The van der Waals surface area contributed by atoms with Gasteiger partial charge in [0.25, 0.3) is 5.69 Å². The molecule has 1 aliphatic heterocycles. The van der Waals surface area contributed by atoms with E-state index >= 15 is 0 Å². The average Bonchev–Trinajstić information content (AvgIpc) is 2.97. The van der Waals surface area contributed by atoms with E-state index in [0.717, 1.165) is 26.2 Å². The van der Waals surface area contributed by atoms with Crippen molar-refractivity contribution in [2.75, 3.05) is 31.1 Å². The van der Waals surface area contributed by atoms with Gasteiger partial charge in [-0.3, -0.25) is 15.2 Å². The second kappa shape index (κ2) is 5.78. The fourth-order valence-corrected chi connectivity index (χ4v) is 2.69. The van der Waals surface area contributed by atoms with Crippen LogP contribution < -0.4 is 10.2 Å². The molecule has 0 radical (unpaired) electrons. The number of piperazine rings is 1. The van der Waals surface area contributed by atoms with E-state index < -0.39 is 4.92 Å². The smallest absolute Gasteiger partial charge is 0.271 e. The molecule has 1 saturated heterocycles. The second-order valence-corrected chi connectivity index (χ2v) is 5.59. The van der Waals surface area contributed by atoms with Gasteiger partial charge < -0.3 is 10.2 Å². The molecule has 0 aliphatic carbocycles. The Labute approximate surface area is 128 Å². The van der Waals surface area contributed by atoms with Gasteiger partial charge in [-0.25, -0.2) is 0 Å². The summed E-state index contributed by atoms with van der Waals surface area (Å²) in [4.78, 5) is 17.0. The molecule has 0 unspecified atom stereocenters. The van der Waals surface area contributed by atoms with Crippen molar-refractivity contribution in [1.82, 2.24) is 20.5 Å². The number of non-ortho nitro benzene ring substituents is 1. The van der Waals surface area contributed by atoms with Gasteiger partial charge in [0.1, 0.15) is 0 Å². The minimum Gasteiger partial charge on any atom is -0.337 e. The van der Waals surface area contributed by atoms with Crippen LogP contribution in [0.15, 0.2) is 22.7 Å². The van der Waals surface area contributed by atoms with Crippen molar-refractivity contribution in [3.05, 3.63) is 32.8 Å². The highest BCUT2D eigenvalue weighted by Crippen LogP contribution is 2.27. The van der Waals surface area contributed by atoms with Crippen LogP contribution in [0.4, 0.5) is 11.6 Å². The van der Waals surface area contributed by atoms with Crippen molar-refractivity contribution >= 4 is 27.6 Å². The van der Waals surface area contributed by atoms with E-state index in [9.17, 15) is 10.1 Å². The maximum Gasteiger partial charge on any atom is 0.271 e. The molecule has 0 saturated carbocycles. The fraction of sp³-hybridized carbons (Fsp3) is 0.333. The highest BCUT2D eigenvalue weighted by atomic mass is 79.9. The molecule has 0 atom stereocenters. The highest BCUT2D eigenvalue weighted by molar-refractivity contribution is 9.10. The Balaban J connectivity index is 1.90. The van der Waals surface area contributed by atoms with Crippen LogP contribution in [0, 0.1) is 10.1 Å². The first-order valence-corrected chi connectivity index (χ1v) is 7.26. The van der Waals surface area contributed by atoms with Gasteiger partial charge in [0.15, 0.2) is 5.82 Å². The van der Waals surface area contributed by atoms with Gasteiger partial charge in [-0.15, -0.1) is 5.10 Å². The lowest BCUT2D eigenvalue weighted by Gasteiger charge is -2.25. The lowest BCUT2D eigenvalue weighted by atomic mass is 10.2. The maximum absolute atomic E-state index is 10.9. The molecule has 1 aliphatic rings. The summed E-state index contributed by atoms with van der Waals surface area (Å²) in [5.41, 5.74) is 0.643. The van der Waals surface area contributed by atoms with Crippen LogP contribution in [0.1, 0.15) is 0 Å². The zero-order valence-electron chi connectivity index (χ0n) is 11.0. The summed E-state index contributed by atoms with van der Waals surface area (Å²) in [7, 11) is 0. The van der Waals surface area contributed by atoms with Crippen LogP contribution >= 0.6 is 15.9 Å². The lowest BCUT2D eigenvalue weighted by Crippen LogP contribution is -2.44. The number of aromatic amines is 1. The normalized spacial score (nSPS) is 15.2. The number of nitro groups is 1. The molecule has 2 N–H and O–H groups in total. The maximum atomic E-state index is 10.9. The molecule has 0 spiro atoms. The van der Waals surface area contributed by atoms with Gasteiger partial charge in [-0.1, -0.05) is 15.9 Å². The summed E-state index contributed by atoms with van der Waals surface area (Å²) in [5, 5.41) is 21.2. The molecular formula is C12H13BrN6O2. The number of benzene rings is 1. The molecule has 0 amide bonds. The molecule has 2 aromatic rings. The van der Waals surface area contributed by atoms with Gasteiger partial charge in [0, 0.05) is 48.3 Å². The molecular weight excluding hydrogens is 340 g/mol. The van der Waals surface area contributed by atoms with E-state index in [0.29, 0.717) is 21.8 Å². The Morgan fingerprint density at radius 1 is 1.29 bits per heavy atom. The number of H-pyrrole nitrogens is 1. The Kier molecular flexibility index (Phi) is 3.84. The molecule has 2 heterocycles. The first kappa shape index (κ1) is 14.0. The third-order valence-electron chi connectivity index (χ3n) is 3.24. The van der Waals surface area contributed by atoms with Crippen molar-refractivity contribution in [1.29, 1.82) is 0 Å². The summed E-state index contributed by atoms with van der Waals surface area (Å²) in [6, 6.07) is 4.71. The molecule has 9 heteroatoms. The molecule has 1 aromatic carbocycles. The van der Waals surface area contributed by atoms with Crippen molar-refractivity contribution in [3.8, 4) is 11.4 Å². The molecule has 0 bridgehead atoms. The minimum atomic E-state index is -0.429. The predicted octanol–water partition coefficient (Wildman–Crippen LogP) is 1.55. The number of halogens is 1. The van der Waals surface area contributed by atoms with Gasteiger partial charge in [-0.05, 0) is 6.07 Å². The third-order valence-corrected chi connectivity index (χ3v) is 3.70. The van der Waals surface area contributed by atoms with Crippen LogP contribution in [-0.2, 0) is 0 Å². The zero-order valence-corrected chi connectivity index (χ0v) is 12.6. The Morgan fingerprint density at radius 2 is 2.05 bits per heavy atom. The van der Waals surface area contributed by atoms with Crippen molar-refractivity contribution in [3.63, 3.8) is 0 Å². The van der Waals surface area contributed by atoms with E-state index in [4.69, 9.17) is 0 Å². The zero-order chi connectivity index (χ0) is 14.8. The number of anilines is 1. The standard InChI is InChI=1S/C12H13BrN6O2/c13-9-5-8(6-10(7-9)19(20)21)11-15-12(17-16-11)18-3-1-14-2-4-18/h5-7,14H,1-4H2,(H,15,16,17). The van der Waals surface area contributed by atoms with Crippen LogP contribution in [0.25, 0.3) is 11.4 Å². The Morgan fingerprint density at radius 3 is 2.76 bits per heavy atom. The van der Waals surface area contributed by atoms with Gasteiger partial charge in [0.05, 0.1) is 4.92 Å². The number of rotatable bonds is 3. The van der Waals surface area contributed by atoms with Crippen molar-refractivity contribution in [2.45, 2.75) is 0 Å². The minimum absolute atomic E-state index is 0.0134. The third kappa shape index (κ3) is 3.03. The topological polar surface area (TPSA) is 100.0 Å². The molecule has 3 rings (SSSR count). The lowest BCUT2D eigenvalue weighted by molar-refractivity contribution is -0.384. The van der Waals surface area contributed by atoms with E-state index in [1.165, 1.54) is 12.1 Å². The SMILES string of the molecule is O=[N+]([O-])c1cc(Br)cc(-c2nc(N3CCNCC3)n[nH]2)c1. The first-order chi connectivity index (χ1) is 10.1. The molecule has 1 fully saturated rings. The van der Waals surface area contributed by atoms with Crippen molar-refractivity contribution in [2.24, 2.45) is 0 Å². The quantitative estimate of drug-likeness (QED) is 0.642. The monoisotopic (exact) mass is 352 g/mol. The highest BCUT2D eigenvalue weighted by Gasteiger charge is 2.17. The summed E-state index contributed by atoms with van der Waals surface area (Å²) in [6.07, 6.45) is 0. The van der Waals surface area contributed by atoms with E-state index in [2.05, 4.69) is 41.3 Å². The predicted molar refractivity (Wildman–Crippen MR) is 81.3 cm³/mol. The summed E-state index contributed by atoms with van der Waals surface area (Å²) in [6.45, 7) is 3.48. The summed E-state index contributed by atoms with van der Waals surface area (Å²) >= 11 is 3.28. The van der Waals surface area contributed by atoms with Crippen LogP contribution in [0.2, 0.25) is 0 Å². The average molecular weight is 353 g/mol. The number of nitrogens with zero attached hydrogens (tertiary/aromatic N) is 4. The molecule has 8 nitrogen and oxygen atoms in total. The molecule has 110 valence electrons. The number of hydrogen-bond donors (Lipinski definition) is 2. The number of nitro benzene ring substituents is 1. The number of aromatic nitrogens is 3. The Hall–Kier alpha value is -2.00. The second-order valence-electron chi connectivity index (χ2n) is 4.68. The van der Waals surface area contributed by atoms with Crippen molar-refractivity contribution < 1.29 is 4.92 Å². The van der Waals surface area contributed by atoms with Gasteiger partial charge in [0.2, 0.25) is 5.95 Å². The van der Waals surface area contributed by atoms with E-state index in [1.807, 2.05) is 0 Å². The fourth-order valence-electron chi connectivity index (χ4n) is 2.20. The van der Waals surface area contributed by atoms with Crippen LogP contribution in [0.5, 0.6) is 0 Å². The summed E-state index contributed by atoms with van der Waals surface area (Å²) < 4.78 is 0.631. The number of nitrogens with one attached hydrogen (secondary N) is 2. The van der Waals surface area contributed by atoms with Gasteiger partial charge in [-0.2, -0.15) is 4.98 Å². The summed E-state index contributed by atoms with van der Waals surface area (Å²) in [5.74, 6) is 1.14. The van der Waals surface area contributed by atoms with E-state index in [1.54, 1.807) is 6.07 Å².